The maximum absolute atomic E-state index is 12.4. The number of benzene rings is 3. The molecule has 0 aliphatic carbocycles. The van der Waals surface area contributed by atoms with Crippen molar-refractivity contribution in [3.05, 3.63) is 101 Å². The molecule has 4 aromatic rings. The predicted octanol–water partition coefficient (Wildman–Crippen LogP) is 6.21. The van der Waals surface area contributed by atoms with Crippen molar-refractivity contribution in [2.75, 3.05) is 11.9 Å². The molecule has 0 radical (unpaired) electrons. The number of Topliss-reactive ketones (excluding diaryl/α,β-unsaturated/α-hetero) is 1. The van der Waals surface area contributed by atoms with Crippen LogP contribution in [0.4, 0.5) is 10.8 Å². The molecule has 0 fully saturated rings. The summed E-state index contributed by atoms with van der Waals surface area (Å²) in [6.07, 6.45) is 0. The maximum Gasteiger partial charge on any atom is 0.358 e. The molecule has 6 heteroatoms. The molecule has 4 rings (SSSR count). The Morgan fingerprint density at radius 2 is 1.62 bits per heavy atom. The summed E-state index contributed by atoms with van der Waals surface area (Å²) in [6.45, 7) is 3.76. The third-order valence-corrected chi connectivity index (χ3v) is 5.88. The summed E-state index contributed by atoms with van der Waals surface area (Å²) in [6, 6.07) is 23.2. The standard InChI is InChI=1S/C26H22N2O3S/c1-17-8-13-22(14-18(17)2)27-26-28-23(16-32-26)25(30)31-15-24(29)21-11-9-20(10-12-21)19-6-4-3-5-7-19/h3-14,16H,15H2,1-2H3,(H,27,28). The third-order valence-electron chi connectivity index (χ3n) is 5.12. The summed E-state index contributed by atoms with van der Waals surface area (Å²) in [7, 11) is 0. The highest BCUT2D eigenvalue weighted by Crippen LogP contribution is 2.23. The van der Waals surface area contributed by atoms with E-state index in [4.69, 9.17) is 4.74 Å². The number of esters is 1. The van der Waals surface area contributed by atoms with Crippen molar-refractivity contribution in [1.82, 2.24) is 4.98 Å². The Balaban J connectivity index is 1.33. The first-order valence-electron chi connectivity index (χ1n) is 10.2. The number of ketones is 1. The first kappa shape index (κ1) is 21.5. The van der Waals surface area contributed by atoms with E-state index < -0.39 is 5.97 Å². The second-order valence-corrected chi connectivity index (χ2v) is 8.26. The van der Waals surface area contributed by atoms with Gasteiger partial charge < -0.3 is 10.1 Å². The SMILES string of the molecule is Cc1ccc(Nc2nc(C(=O)OCC(=O)c3ccc(-c4ccccc4)cc3)cs2)cc1C. The van der Waals surface area contributed by atoms with Crippen molar-refractivity contribution < 1.29 is 14.3 Å². The Morgan fingerprint density at radius 3 is 2.34 bits per heavy atom. The maximum atomic E-state index is 12.4. The van der Waals surface area contributed by atoms with Crippen molar-refractivity contribution in [2.45, 2.75) is 13.8 Å². The number of nitrogens with zero attached hydrogens (tertiary/aromatic N) is 1. The van der Waals surface area contributed by atoms with Crippen molar-refractivity contribution >= 4 is 33.9 Å². The Kier molecular flexibility index (Phi) is 6.42. The molecule has 1 heterocycles. The summed E-state index contributed by atoms with van der Waals surface area (Å²) >= 11 is 1.30. The van der Waals surface area contributed by atoms with Crippen LogP contribution in [-0.2, 0) is 4.74 Å². The van der Waals surface area contributed by atoms with Crippen molar-refractivity contribution in [1.29, 1.82) is 0 Å². The Morgan fingerprint density at radius 1 is 0.906 bits per heavy atom. The van der Waals surface area contributed by atoms with Gasteiger partial charge in [0.25, 0.3) is 0 Å². The molecule has 0 unspecified atom stereocenters. The van der Waals surface area contributed by atoms with Gasteiger partial charge in [-0.25, -0.2) is 9.78 Å². The lowest BCUT2D eigenvalue weighted by molar-refractivity contribution is 0.0470. The first-order valence-corrected chi connectivity index (χ1v) is 11.0. The number of anilines is 2. The predicted molar refractivity (Wildman–Crippen MR) is 128 cm³/mol. The summed E-state index contributed by atoms with van der Waals surface area (Å²) in [4.78, 5) is 29.0. The molecule has 0 saturated carbocycles. The molecule has 32 heavy (non-hydrogen) atoms. The van der Waals surface area contributed by atoms with Crippen molar-refractivity contribution in [3.8, 4) is 11.1 Å². The van der Waals surface area contributed by atoms with Gasteiger partial charge in [-0.05, 0) is 48.2 Å². The second kappa shape index (κ2) is 9.58. The smallest absolute Gasteiger partial charge is 0.358 e. The molecule has 0 aliphatic rings. The van der Waals surface area contributed by atoms with E-state index >= 15 is 0 Å². The van der Waals surface area contributed by atoms with Gasteiger partial charge in [-0.2, -0.15) is 0 Å². The van der Waals surface area contributed by atoms with Crippen LogP contribution in [0.25, 0.3) is 11.1 Å². The topological polar surface area (TPSA) is 68.3 Å². The minimum atomic E-state index is -0.622. The van der Waals surface area contributed by atoms with Gasteiger partial charge in [0.15, 0.2) is 23.2 Å². The molecule has 0 aliphatic heterocycles. The molecular weight excluding hydrogens is 420 g/mol. The van der Waals surface area contributed by atoms with Crippen LogP contribution in [0, 0.1) is 13.8 Å². The van der Waals surface area contributed by atoms with Gasteiger partial charge in [-0.3, -0.25) is 4.79 Å². The van der Waals surface area contributed by atoms with E-state index in [2.05, 4.69) is 17.2 Å². The van der Waals surface area contributed by atoms with Crippen LogP contribution >= 0.6 is 11.3 Å². The van der Waals surface area contributed by atoms with Crippen LogP contribution in [0.15, 0.2) is 78.2 Å². The fourth-order valence-corrected chi connectivity index (χ4v) is 3.84. The quantitative estimate of drug-likeness (QED) is 0.272. The van der Waals surface area contributed by atoms with E-state index in [1.165, 1.54) is 22.5 Å². The van der Waals surface area contributed by atoms with Gasteiger partial charge in [0.2, 0.25) is 0 Å². The summed E-state index contributed by atoms with van der Waals surface area (Å²) in [5.41, 5.74) is 6.04. The molecule has 160 valence electrons. The molecule has 1 aromatic heterocycles. The van der Waals surface area contributed by atoms with E-state index in [9.17, 15) is 9.59 Å². The number of ether oxygens (including phenoxy) is 1. The van der Waals surface area contributed by atoms with Crippen LogP contribution in [0.5, 0.6) is 0 Å². The molecule has 0 spiro atoms. The zero-order valence-corrected chi connectivity index (χ0v) is 18.6. The normalized spacial score (nSPS) is 10.6. The number of nitrogens with one attached hydrogen (secondary N) is 1. The van der Waals surface area contributed by atoms with E-state index in [0.29, 0.717) is 10.7 Å². The van der Waals surface area contributed by atoms with Crippen LogP contribution < -0.4 is 5.32 Å². The minimum Gasteiger partial charge on any atom is -0.453 e. The lowest BCUT2D eigenvalue weighted by Crippen LogP contribution is -2.14. The van der Waals surface area contributed by atoms with E-state index in [1.54, 1.807) is 17.5 Å². The van der Waals surface area contributed by atoms with Gasteiger partial charge in [0.1, 0.15) is 0 Å². The van der Waals surface area contributed by atoms with Crippen LogP contribution in [0.2, 0.25) is 0 Å². The Bertz CT molecular complexity index is 1250. The zero-order valence-electron chi connectivity index (χ0n) is 17.8. The number of carbonyl (C=O) groups is 2. The Hall–Kier alpha value is -3.77. The van der Waals surface area contributed by atoms with Gasteiger partial charge in [0, 0.05) is 16.6 Å². The highest BCUT2D eigenvalue weighted by Gasteiger charge is 2.15. The number of hydrogen-bond donors (Lipinski definition) is 1. The summed E-state index contributed by atoms with van der Waals surface area (Å²) in [5, 5.41) is 5.39. The molecule has 0 saturated heterocycles. The fraction of sp³-hybridized carbons (Fsp3) is 0.115. The zero-order chi connectivity index (χ0) is 22.5. The van der Waals surface area contributed by atoms with Crippen LogP contribution in [0.3, 0.4) is 0 Å². The van der Waals surface area contributed by atoms with Gasteiger partial charge in [-0.1, -0.05) is 60.7 Å². The van der Waals surface area contributed by atoms with Gasteiger partial charge in [0.05, 0.1) is 0 Å². The highest BCUT2D eigenvalue weighted by atomic mass is 32.1. The van der Waals surface area contributed by atoms with E-state index in [0.717, 1.165) is 16.8 Å². The summed E-state index contributed by atoms with van der Waals surface area (Å²) < 4.78 is 5.19. The molecule has 0 bridgehead atoms. The highest BCUT2D eigenvalue weighted by molar-refractivity contribution is 7.14. The molecule has 3 aromatic carbocycles. The number of aryl methyl sites for hydroxylation is 2. The van der Waals surface area contributed by atoms with Crippen LogP contribution in [-0.4, -0.2) is 23.3 Å². The summed E-state index contributed by atoms with van der Waals surface area (Å²) in [5.74, 6) is -0.884. The number of hydrogen-bond acceptors (Lipinski definition) is 6. The number of carbonyl (C=O) groups excluding carboxylic acids is 2. The molecule has 0 amide bonds. The lowest BCUT2D eigenvalue weighted by Gasteiger charge is -2.06. The number of rotatable bonds is 7. The monoisotopic (exact) mass is 442 g/mol. The first-order chi connectivity index (χ1) is 15.5. The second-order valence-electron chi connectivity index (χ2n) is 7.40. The van der Waals surface area contributed by atoms with Gasteiger partial charge in [-0.15, -0.1) is 11.3 Å². The van der Waals surface area contributed by atoms with Crippen molar-refractivity contribution in [3.63, 3.8) is 0 Å². The average Bonchev–Trinajstić information content (AvgIpc) is 3.29. The molecular formula is C26H22N2O3S. The van der Waals surface area contributed by atoms with Crippen molar-refractivity contribution in [2.24, 2.45) is 0 Å². The number of aromatic nitrogens is 1. The van der Waals surface area contributed by atoms with Gasteiger partial charge >= 0.3 is 5.97 Å². The Labute approximate surface area is 190 Å². The lowest BCUT2D eigenvalue weighted by atomic mass is 10.0. The van der Waals surface area contributed by atoms with E-state index in [-0.39, 0.29) is 18.1 Å². The average molecular weight is 443 g/mol. The van der Waals surface area contributed by atoms with E-state index in [1.807, 2.05) is 67.6 Å². The molecule has 1 N–H and O–H groups in total. The van der Waals surface area contributed by atoms with Crippen LogP contribution in [0.1, 0.15) is 32.0 Å². The largest absolute Gasteiger partial charge is 0.453 e. The molecule has 0 atom stereocenters. The fourth-order valence-electron chi connectivity index (χ4n) is 3.14. The molecule has 5 nitrogen and oxygen atoms in total. The third kappa shape index (κ3) is 5.10. The number of thiazole rings is 1. The minimum absolute atomic E-state index is 0.175.